The Hall–Kier alpha value is -3.15. The maximum atomic E-state index is 12.1. The van der Waals surface area contributed by atoms with Gasteiger partial charge in [0.05, 0.1) is 20.3 Å². The first-order valence-corrected chi connectivity index (χ1v) is 10.4. The van der Waals surface area contributed by atoms with Crippen molar-refractivity contribution in [3.05, 3.63) is 78.3 Å². The van der Waals surface area contributed by atoms with Crippen molar-refractivity contribution in [2.45, 2.75) is 53.2 Å². The summed E-state index contributed by atoms with van der Waals surface area (Å²) in [5.41, 5.74) is 2.01. The molecule has 1 rings (SSSR count). The number of benzene rings is 1. The number of carbonyl (C=O) groups excluding carboxylic acids is 1. The fourth-order valence-electron chi connectivity index (χ4n) is 2.55. The molecule has 1 aromatic rings. The highest BCUT2D eigenvalue weighted by atomic mass is 16.7. The summed E-state index contributed by atoms with van der Waals surface area (Å²) in [7, 11) is 3.23. The van der Waals surface area contributed by atoms with Crippen LogP contribution in [0, 0.1) is 5.92 Å². The van der Waals surface area contributed by atoms with Crippen molar-refractivity contribution in [1.82, 2.24) is 5.32 Å². The van der Waals surface area contributed by atoms with Crippen molar-refractivity contribution in [2.24, 2.45) is 5.92 Å². The molecule has 1 amide bonds. The summed E-state index contributed by atoms with van der Waals surface area (Å²) in [6.07, 6.45) is 4.45. The predicted molar refractivity (Wildman–Crippen MR) is 130 cm³/mol. The minimum Gasteiger partial charge on any atom is -0.508 e. The number of methoxy groups -OCH3 is 2. The van der Waals surface area contributed by atoms with Crippen LogP contribution in [0.4, 0.5) is 4.79 Å². The van der Waals surface area contributed by atoms with Gasteiger partial charge in [0, 0.05) is 5.57 Å². The van der Waals surface area contributed by atoms with E-state index in [0.717, 1.165) is 16.7 Å². The van der Waals surface area contributed by atoms with Crippen molar-refractivity contribution in [3.8, 4) is 5.75 Å². The van der Waals surface area contributed by atoms with Gasteiger partial charge in [-0.25, -0.2) is 4.79 Å². The molecule has 32 heavy (non-hydrogen) atoms. The lowest BCUT2D eigenvalue weighted by Crippen LogP contribution is -2.35. The summed E-state index contributed by atoms with van der Waals surface area (Å²) in [6, 6.07) is 6.18. The van der Waals surface area contributed by atoms with Crippen LogP contribution in [0.5, 0.6) is 5.75 Å². The second kappa shape index (κ2) is 14.0. The minimum absolute atomic E-state index is 0.121. The molecule has 0 saturated heterocycles. The molecule has 0 heterocycles. The van der Waals surface area contributed by atoms with Crippen LogP contribution in [0.3, 0.4) is 0 Å². The predicted octanol–water partition coefficient (Wildman–Crippen LogP) is 6.42. The summed E-state index contributed by atoms with van der Waals surface area (Å²) in [6.45, 7) is 19.0. The number of aromatic hydroxyl groups is 1. The highest BCUT2D eigenvalue weighted by Gasteiger charge is 2.22. The monoisotopic (exact) mass is 445 g/mol. The van der Waals surface area contributed by atoms with Gasteiger partial charge in [-0.15, -0.1) is 0 Å². The standard InChI is InChI=1S/C18H23NO3.C8H16O2/c1-6-9-13(7-2)16(14-10-8-11-15(20)12-14)19-17(21)22-18(3,4)5;1-6(2)7(3)8(9-4)10-5/h6-12,16,20H,1-2H2,3-5H3,(H,19,21);6H,1-5H3/b13-9+;. The van der Waals surface area contributed by atoms with E-state index in [0.29, 0.717) is 11.9 Å². The number of phenolic OH excluding ortho intramolecular Hbond substituents is 1. The van der Waals surface area contributed by atoms with Gasteiger partial charge in [-0.05, 0) is 56.9 Å². The zero-order chi connectivity index (χ0) is 24.9. The molecule has 0 radical (unpaired) electrons. The van der Waals surface area contributed by atoms with Crippen LogP contribution in [-0.4, -0.2) is 31.0 Å². The molecule has 1 atom stereocenters. The third kappa shape index (κ3) is 10.8. The molecule has 178 valence electrons. The van der Waals surface area contributed by atoms with E-state index in [1.54, 1.807) is 71.4 Å². The molecule has 0 bridgehead atoms. The van der Waals surface area contributed by atoms with Gasteiger partial charge in [0.15, 0.2) is 0 Å². The van der Waals surface area contributed by atoms with E-state index in [1.807, 2.05) is 13.0 Å². The third-order valence-electron chi connectivity index (χ3n) is 4.30. The van der Waals surface area contributed by atoms with Gasteiger partial charge in [0.2, 0.25) is 0 Å². The van der Waals surface area contributed by atoms with Crippen LogP contribution in [0.1, 0.15) is 53.1 Å². The average Bonchev–Trinajstić information content (AvgIpc) is 2.70. The maximum absolute atomic E-state index is 12.1. The molecule has 6 nitrogen and oxygen atoms in total. The Morgan fingerprint density at radius 1 is 1.16 bits per heavy atom. The van der Waals surface area contributed by atoms with Crippen LogP contribution in [0.2, 0.25) is 0 Å². The zero-order valence-corrected chi connectivity index (χ0v) is 20.7. The lowest BCUT2D eigenvalue weighted by Gasteiger charge is -2.24. The van der Waals surface area contributed by atoms with Crippen molar-refractivity contribution in [3.63, 3.8) is 0 Å². The molecular weight excluding hydrogens is 406 g/mol. The second-order valence-electron chi connectivity index (χ2n) is 8.31. The molecule has 0 spiro atoms. The first-order chi connectivity index (χ1) is 14.9. The minimum atomic E-state index is -0.593. The molecule has 0 saturated carbocycles. The Morgan fingerprint density at radius 3 is 2.12 bits per heavy atom. The smallest absolute Gasteiger partial charge is 0.408 e. The number of ether oxygens (including phenoxy) is 3. The van der Waals surface area contributed by atoms with Crippen LogP contribution in [0.15, 0.2) is 72.7 Å². The van der Waals surface area contributed by atoms with E-state index < -0.39 is 17.7 Å². The summed E-state index contributed by atoms with van der Waals surface area (Å²) in [5, 5.41) is 12.5. The van der Waals surface area contributed by atoms with Gasteiger partial charge < -0.3 is 24.6 Å². The highest BCUT2D eigenvalue weighted by Crippen LogP contribution is 2.26. The van der Waals surface area contributed by atoms with E-state index in [9.17, 15) is 9.90 Å². The Kier molecular flexibility index (Phi) is 12.6. The quantitative estimate of drug-likeness (QED) is 0.356. The largest absolute Gasteiger partial charge is 0.508 e. The maximum Gasteiger partial charge on any atom is 0.408 e. The van der Waals surface area contributed by atoms with Gasteiger partial charge >= 0.3 is 6.09 Å². The number of hydrogen-bond acceptors (Lipinski definition) is 5. The van der Waals surface area contributed by atoms with Gasteiger partial charge in [-0.2, -0.15) is 0 Å². The molecule has 2 N–H and O–H groups in total. The van der Waals surface area contributed by atoms with Crippen molar-refractivity contribution >= 4 is 6.09 Å². The topological polar surface area (TPSA) is 77.0 Å². The zero-order valence-electron chi connectivity index (χ0n) is 20.7. The van der Waals surface area contributed by atoms with Gasteiger partial charge in [0.1, 0.15) is 11.4 Å². The van der Waals surface area contributed by atoms with E-state index in [4.69, 9.17) is 14.2 Å². The number of hydrogen-bond donors (Lipinski definition) is 2. The normalized spacial score (nSPS) is 12.0. The lowest BCUT2D eigenvalue weighted by molar-refractivity contribution is 0.0512. The summed E-state index contributed by atoms with van der Waals surface area (Å²) < 4.78 is 15.3. The Balaban J connectivity index is 0.000000809. The van der Waals surface area contributed by atoms with Gasteiger partial charge in [0.25, 0.3) is 5.95 Å². The second-order valence-corrected chi connectivity index (χ2v) is 8.31. The van der Waals surface area contributed by atoms with Gasteiger partial charge in [-0.3, -0.25) is 0 Å². The summed E-state index contributed by atoms with van der Waals surface area (Å²) >= 11 is 0. The molecule has 0 fully saturated rings. The molecule has 0 aliphatic rings. The summed E-state index contributed by atoms with van der Waals surface area (Å²) in [5.74, 6) is 1.24. The third-order valence-corrected chi connectivity index (χ3v) is 4.30. The highest BCUT2D eigenvalue weighted by molar-refractivity contribution is 5.69. The molecule has 0 aliphatic carbocycles. The number of phenols is 1. The molecule has 1 unspecified atom stereocenters. The fraction of sp³-hybridized carbons (Fsp3) is 0.423. The van der Waals surface area contributed by atoms with Gasteiger partial charge in [-0.1, -0.05) is 57.4 Å². The van der Waals surface area contributed by atoms with E-state index in [-0.39, 0.29) is 5.75 Å². The van der Waals surface area contributed by atoms with Crippen molar-refractivity contribution in [2.75, 3.05) is 14.2 Å². The van der Waals surface area contributed by atoms with Crippen LogP contribution in [-0.2, 0) is 14.2 Å². The SMILES string of the molecule is C=C/C=C(\C=C)C(NC(=O)OC(C)(C)C)c1cccc(O)c1.COC(OC)=C(C)C(C)C. The first kappa shape index (κ1) is 28.9. The Morgan fingerprint density at radius 2 is 1.75 bits per heavy atom. The molecule has 0 aromatic heterocycles. The number of allylic oxidation sites excluding steroid dienone is 3. The number of rotatable bonds is 8. The lowest BCUT2D eigenvalue weighted by atomic mass is 9.98. The fourth-order valence-corrected chi connectivity index (χ4v) is 2.55. The van der Waals surface area contributed by atoms with E-state index in [1.165, 1.54) is 0 Å². The number of alkyl carbamates (subject to hydrolysis) is 1. The molecule has 6 heteroatoms. The Labute approximate surface area is 193 Å². The first-order valence-electron chi connectivity index (χ1n) is 10.4. The van der Waals surface area contributed by atoms with Crippen LogP contribution >= 0.6 is 0 Å². The molecular formula is C26H39NO5. The van der Waals surface area contributed by atoms with Crippen LogP contribution < -0.4 is 5.32 Å². The average molecular weight is 446 g/mol. The summed E-state index contributed by atoms with van der Waals surface area (Å²) in [4.78, 5) is 12.1. The number of carbonyl (C=O) groups is 1. The van der Waals surface area contributed by atoms with Crippen molar-refractivity contribution in [1.29, 1.82) is 0 Å². The van der Waals surface area contributed by atoms with E-state index >= 15 is 0 Å². The van der Waals surface area contributed by atoms with E-state index in [2.05, 4.69) is 32.3 Å². The number of nitrogens with one attached hydrogen (secondary N) is 1. The number of amides is 1. The van der Waals surface area contributed by atoms with Crippen molar-refractivity contribution < 1.29 is 24.1 Å². The Bertz CT molecular complexity index is 810. The molecule has 0 aliphatic heterocycles. The van der Waals surface area contributed by atoms with Crippen LogP contribution in [0.25, 0.3) is 0 Å². The molecule has 1 aromatic carbocycles.